The zero-order valence-electron chi connectivity index (χ0n) is 11.2. The zero-order chi connectivity index (χ0) is 15.6. The number of aryl methyl sites for hydroxylation is 1. The summed E-state index contributed by atoms with van der Waals surface area (Å²) in [5.74, 6) is -2.66. The first-order chi connectivity index (χ1) is 9.88. The molecule has 0 aliphatic rings. The second-order valence-electron chi connectivity index (χ2n) is 4.52. The molecule has 6 heteroatoms. The van der Waals surface area contributed by atoms with E-state index in [9.17, 15) is 14.0 Å². The third-order valence-corrected chi connectivity index (χ3v) is 2.98. The summed E-state index contributed by atoms with van der Waals surface area (Å²) in [5, 5.41) is 11.7. The lowest BCUT2D eigenvalue weighted by molar-refractivity contribution is 0.0691. The van der Waals surface area contributed by atoms with Crippen LogP contribution in [0.3, 0.4) is 0 Å². The van der Waals surface area contributed by atoms with Gasteiger partial charge in [-0.1, -0.05) is 0 Å². The number of aromatic carboxylic acids is 1. The lowest BCUT2D eigenvalue weighted by Gasteiger charge is -2.10. The first-order valence-electron chi connectivity index (χ1n) is 6.09. The highest BCUT2D eigenvalue weighted by molar-refractivity contribution is 5.94. The maximum absolute atomic E-state index is 13.6. The molecule has 4 N–H and O–H groups in total. The molecule has 0 bridgehead atoms. The van der Waals surface area contributed by atoms with Crippen molar-refractivity contribution in [3.05, 3.63) is 58.9 Å². The summed E-state index contributed by atoms with van der Waals surface area (Å²) in [4.78, 5) is 21.9. The molecule has 0 saturated carbocycles. The Labute approximate surface area is 120 Å². The van der Waals surface area contributed by atoms with Crippen molar-refractivity contribution >= 4 is 23.3 Å². The molecule has 1 amide bonds. The summed E-state index contributed by atoms with van der Waals surface area (Å²) < 4.78 is 13.6. The highest BCUT2D eigenvalue weighted by Gasteiger charge is 2.11. The maximum atomic E-state index is 13.6. The molecule has 0 atom stereocenters. The van der Waals surface area contributed by atoms with Crippen molar-refractivity contribution in [2.24, 2.45) is 5.73 Å². The molecule has 108 valence electrons. The lowest BCUT2D eigenvalue weighted by atomic mass is 10.1. The molecule has 0 saturated heterocycles. The summed E-state index contributed by atoms with van der Waals surface area (Å²) in [6.45, 7) is 1.74. The number of nitrogens with two attached hydrogens (primary N) is 1. The minimum atomic E-state index is -1.32. The van der Waals surface area contributed by atoms with Crippen LogP contribution in [0.25, 0.3) is 0 Å². The van der Waals surface area contributed by atoms with Crippen molar-refractivity contribution < 1.29 is 19.1 Å². The number of hydrogen-bond donors (Lipinski definition) is 3. The van der Waals surface area contributed by atoms with E-state index in [1.54, 1.807) is 25.1 Å². The Morgan fingerprint density at radius 2 is 1.67 bits per heavy atom. The molecule has 5 nitrogen and oxygen atoms in total. The summed E-state index contributed by atoms with van der Waals surface area (Å²) in [6, 6.07) is 8.65. The number of halogens is 1. The van der Waals surface area contributed by atoms with Crippen LogP contribution in [-0.4, -0.2) is 17.0 Å². The molecule has 2 aromatic rings. The fourth-order valence-corrected chi connectivity index (χ4v) is 1.95. The predicted octanol–water partition coefficient (Wildman–Crippen LogP) is 2.67. The predicted molar refractivity (Wildman–Crippen MR) is 76.3 cm³/mol. The Balaban J connectivity index is 2.26. The van der Waals surface area contributed by atoms with Crippen LogP contribution in [0.5, 0.6) is 0 Å². The van der Waals surface area contributed by atoms with Gasteiger partial charge >= 0.3 is 5.97 Å². The van der Waals surface area contributed by atoms with E-state index in [4.69, 9.17) is 10.8 Å². The molecule has 0 spiro atoms. The van der Waals surface area contributed by atoms with Crippen LogP contribution in [0.15, 0.2) is 36.4 Å². The molecular weight excluding hydrogens is 275 g/mol. The van der Waals surface area contributed by atoms with Gasteiger partial charge in [0.05, 0.1) is 5.56 Å². The molecule has 21 heavy (non-hydrogen) atoms. The molecule has 2 aromatic carbocycles. The molecule has 0 heterocycles. The molecule has 0 fully saturated rings. The van der Waals surface area contributed by atoms with Gasteiger partial charge in [0.15, 0.2) is 0 Å². The monoisotopic (exact) mass is 288 g/mol. The molecule has 0 aliphatic carbocycles. The van der Waals surface area contributed by atoms with Crippen molar-refractivity contribution in [2.75, 3.05) is 5.32 Å². The highest BCUT2D eigenvalue weighted by Crippen LogP contribution is 2.21. The Bertz CT molecular complexity index is 667. The number of carboxylic acid groups (broad SMARTS) is 1. The van der Waals surface area contributed by atoms with Crippen LogP contribution in [0.1, 0.15) is 26.3 Å². The number of carbonyl (C=O) groups excluding carboxylic acids is 1. The van der Waals surface area contributed by atoms with Crippen LogP contribution >= 0.6 is 0 Å². The number of primary amides is 1. The van der Waals surface area contributed by atoms with Crippen molar-refractivity contribution in [3.8, 4) is 0 Å². The fraction of sp³-hybridized carbons (Fsp3) is 0.0667. The Morgan fingerprint density at radius 1 is 1.10 bits per heavy atom. The summed E-state index contributed by atoms with van der Waals surface area (Å²) in [6.07, 6.45) is 0. The highest BCUT2D eigenvalue weighted by atomic mass is 19.1. The van der Waals surface area contributed by atoms with Crippen molar-refractivity contribution in [1.29, 1.82) is 0 Å². The molecule has 0 aromatic heterocycles. The molecule has 0 radical (unpaired) electrons. The lowest BCUT2D eigenvalue weighted by Crippen LogP contribution is -2.12. The van der Waals surface area contributed by atoms with Crippen LogP contribution in [-0.2, 0) is 0 Å². The molecule has 2 rings (SSSR count). The Kier molecular flexibility index (Phi) is 3.89. The number of anilines is 2. The molecule has 0 aliphatic heterocycles. The van der Waals surface area contributed by atoms with Crippen LogP contribution in [0, 0.1) is 12.7 Å². The van der Waals surface area contributed by atoms with Gasteiger partial charge in [-0.05, 0) is 48.9 Å². The number of amides is 1. The Morgan fingerprint density at radius 3 is 2.14 bits per heavy atom. The first kappa shape index (κ1) is 14.5. The smallest absolute Gasteiger partial charge is 0.338 e. The third-order valence-electron chi connectivity index (χ3n) is 2.98. The van der Waals surface area contributed by atoms with E-state index in [1.807, 2.05) is 0 Å². The van der Waals surface area contributed by atoms with E-state index in [0.717, 1.165) is 6.07 Å². The van der Waals surface area contributed by atoms with E-state index >= 15 is 0 Å². The standard InChI is InChI=1S/C15H13FN2O3/c1-8-6-9(2-4-11(8)14(17)19)18-10-3-5-12(15(20)21)13(16)7-10/h2-7,18H,1H3,(H2,17,19)(H,20,21). The van der Waals surface area contributed by atoms with Crippen molar-refractivity contribution in [3.63, 3.8) is 0 Å². The van der Waals surface area contributed by atoms with Crippen molar-refractivity contribution in [2.45, 2.75) is 6.92 Å². The number of hydrogen-bond acceptors (Lipinski definition) is 3. The van der Waals surface area contributed by atoms with E-state index < -0.39 is 17.7 Å². The normalized spacial score (nSPS) is 10.2. The van der Waals surface area contributed by atoms with Gasteiger partial charge in [-0.15, -0.1) is 0 Å². The molecule has 0 unspecified atom stereocenters. The first-order valence-corrected chi connectivity index (χ1v) is 6.09. The number of carbonyl (C=O) groups is 2. The van der Waals surface area contributed by atoms with E-state index in [-0.39, 0.29) is 5.56 Å². The van der Waals surface area contributed by atoms with Crippen molar-refractivity contribution in [1.82, 2.24) is 0 Å². The van der Waals surface area contributed by atoms with Crippen LogP contribution in [0.2, 0.25) is 0 Å². The van der Waals surface area contributed by atoms with Gasteiger partial charge < -0.3 is 16.2 Å². The van der Waals surface area contributed by atoms with Gasteiger partial charge in [0.25, 0.3) is 0 Å². The Hall–Kier alpha value is -2.89. The van der Waals surface area contributed by atoms with Gasteiger partial charge in [0, 0.05) is 16.9 Å². The van der Waals surface area contributed by atoms with Crippen LogP contribution < -0.4 is 11.1 Å². The van der Waals surface area contributed by atoms with Gasteiger partial charge in [0.2, 0.25) is 5.91 Å². The number of benzene rings is 2. The largest absolute Gasteiger partial charge is 0.478 e. The number of carboxylic acids is 1. The van der Waals surface area contributed by atoms with Gasteiger partial charge in [-0.2, -0.15) is 0 Å². The van der Waals surface area contributed by atoms with Crippen LogP contribution in [0.4, 0.5) is 15.8 Å². The second-order valence-corrected chi connectivity index (χ2v) is 4.52. The van der Waals surface area contributed by atoms with E-state index in [0.29, 0.717) is 22.5 Å². The minimum Gasteiger partial charge on any atom is -0.478 e. The van der Waals surface area contributed by atoms with Gasteiger partial charge in [-0.3, -0.25) is 4.79 Å². The second kappa shape index (κ2) is 5.62. The number of rotatable bonds is 4. The maximum Gasteiger partial charge on any atom is 0.338 e. The molecular formula is C15H13FN2O3. The third kappa shape index (κ3) is 3.17. The zero-order valence-corrected chi connectivity index (χ0v) is 11.2. The topological polar surface area (TPSA) is 92.4 Å². The van der Waals surface area contributed by atoms with Gasteiger partial charge in [-0.25, -0.2) is 9.18 Å². The quantitative estimate of drug-likeness (QED) is 0.806. The van der Waals surface area contributed by atoms with E-state index in [1.165, 1.54) is 12.1 Å². The summed E-state index contributed by atoms with van der Waals surface area (Å²) in [5.41, 5.74) is 6.97. The number of nitrogens with one attached hydrogen (secondary N) is 1. The van der Waals surface area contributed by atoms with Gasteiger partial charge in [0.1, 0.15) is 5.82 Å². The average Bonchev–Trinajstić information content (AvgIpc) is 2.37. The SMILES string of the molecule is Cc1cc(Nc2ccc(C(=O)O)c(F)c2)ccc1C(N)=O. The fourth-order valence-electron chi connectivity index (χ4n) is 1.95. The summed E-state index contributed by atoms with van der Waals surface area (Å²) in [7, 11) is 0. The minimum absolute atomic E-state index is 0.388. The average molecular weight is 288 g/mol. The van der Waals surface area contributed by atoms with E-state index in [2.05, 4.69) is 5.32 Å². The summed E-state index contributed by atoms with van der Waals surface area (Å²) >= 11 is 0.